The third-order valence-corrected chi connectivity index (χ3v) is 9.64. The third-order valence-electron chi connectivity index (χ3n) is 9.64. The van der Waals surface area contributed by atoms with Crippen LogP contribution in [0.4, 0.5) is 0 Å². The van der Waals surface area contributed by atoms with Crippen molar-refractivity contribution < 1.29 is 0 Å². The number of aryl methyl sites for hydroxylation is 1. The Hall–Kier alpha value is -1.70. The summed E-state index contributed by atoms with van der Waals surface area (Å²) in [7, 11) is 0. The van der Waals surface area contributed by atoms with Crippen LogP contribution >= 0.6 is 0 Å². The van der Waals surface area contributed by atoms with E-state index >= 15 is 0 Å². The normalized spacial score (nSPS) is 11.4. The smallest absolute Gasteiger partial charge is 0.0920 e. The van der Waals surface area contributed by atoms with E-state index in [1.807, 2.05) is 18.5 Å². The van der Waals surface area contributed by atoms with Crippen molar-refractivity contribution in [3.05, 3.63) is 47.8 Å². The molecule has 0 atom stereocenters. The SMILES string of the molecule is CCCCCCCCCCCCCCCCc1ccnc(-c2ccccn2)c1CCCCCCCCCCCCCCCC. The monoisotopic (exact) mass is 605 g/mol. The summed E-state index contributed by atoms with van der Waals surface area (Å²) in [4.78, 5) is 9.53. The molecule has 0 unspecified atom stereocenters. The first-order valence-electron chi connectivity index (χ1n) is 19.7. The van der Waals surface area contributed by atoms with Crippen LogP contribution in [0.1, 0.15) is 205 Å². The van der Waals surface area contributed by atoms with Crippen molar-refractivity contribution in [2.75, 3.05) is 0 Å². The van der Waals surface area contributed by atoms with Gasteiger partial charge in [0, 0.05) is 12.4 Å². The number of unbranched alkanes of at least 4 members (excludes halogenated alkanes) is 26. The van der Waals surface area contributed by atoms with Crippen LogP contribution in [0.25, 0.3) is 11.4 Å². The molecule has 0 fully saturated rings. The highest BCUT2D eigenvalue weighted by atomic mass is 14.8. The Bertz CT molecular complexity index is 877. The van der Waals surface area contributed by atoms with Crippen LogP contribution in [-0.4, -0.2) is 9.97 Å². The second kappa shape index (κ2) is 28.8. The van der Waals surface area contributed by atoms with Gasteiger partial charge in [-0.25, -0.2) is 0 Å². The van der Waals surface area contributed by atoms with Crippen molar-refractivity contribution >= 4 is 0 Å². The zero-order chi connectivity index (χ0) is 31.2. The van der Waals surface area contributed by atoms with Gasteiger partial charge in [0.2, 0.25) is 0 Å². The predicted molar refractivity (Wildman–Crippen MR) is 195 cm³/mol. The fourth-order valence-corrected chi connectivity index (χ4v) is 6.78. The van der Waals surface area contributed by atoms with Crippen molar-refractivity contribution in [2.45, 2.75) is 206 Å². The van der Waals surface area contributed by atoms with Gasteiger partial charge in [0.1, 0.15) is 0 Å². The summed E-state index contributed by atoms with van der Waals surface area (Å²) < 4.78 is 0. The van der Waals surface area contributed by atoms with Gasteiger partial charge in [0.15, 0.2) is 0 Å². The second-order valence-corrected chi connectivity index (χ2v) is 13.7. The van der Waals surface area contributed by atoms with Crippen LogP contribution in [-0.2, 0) is 12.8 Å². The lowest BCUT2D eigenvalue weighted by Gasteiger charge is -2.14. The van der Waals surface area contributed by atoms with E-state index in [0.29, 0.717) is 0 Å². The highest BCUT2D eigenvalue weighted by Gasteiger charge is 2.12. The van der Waals surface area contributed by atoms with E-state index in [0.717, 1.165) is 17.8 Å². The fourth-order valence-electron chi connectivity index (χ4n) is 6.78. The van der Waals surface area contributed by atoms with Gasteiger partial charge < -0.3 is 0 Å². The van der Waals surface area contributed by atoms with E-state index in [1.54, 1.807) is 0 Å². The maximum Gasteiger partial charge on any atom is 0.0920 e. The Balaban J connectivity index is 1.62. The predicted octanol–water partition coefficient (Wildman–Crippen LogP) is 14.2. The molecule has 2 nitrogen and oxygen atoms in total. The first kappa shape index (κ1) is 38.5. The summed E-state index contributed by atoms with van der Waals surface area (Å²) in [6.07, 6.45) is 45.8. The lowest BCUT2D eigenvalue weighted by molar-refractivity contribution is 0.534. The van der Waals surface area contributed by atoms with E-state index in [4.69, 9.17) is 4.98 Å². The molecule has 2 aromatic heterocycles. The summed E-state index contributed by atoms with van der Waals surface area (Å²) >= 11 is 0. The molecular formula is C42H72N2. The van der Waals surface area contributed by atoms with E-state index < -0.39 is 0 Å². The molecule has 0 saturated carbocycles. The van der Waals surface area contributed by atoms with E-state index in [9.17, 15) is 0 Å². The molecule has 2 aromatic rings. The average Bonchev–Trinajstić information content (AvgIpc) is 3.05. The van der Waals surface area contributed by atoms with Crippen LogP contribution in [0, 0.1) is 0 Å². The van der Waals surface area contributed by atoms with E-state index in [-0.39, 0.29) is 0 Å². The lowest BCUT2D eigenvalue weighted by atomic mass is 9.94. The summed E-state index contributed by atoms with van der Waals surface area (Å²) in [5.41, 5.74) is 5.16. The summed E-state index contributed by atoms with van der Waals surface area (Å²) in [5, 5.41) is 0. The summed E-state index contributed by atoms with van der Waals surface area (Å²) in [6, 6.07) is 8.54. The van der Waals surface area contributed by atoms with Crippen molar-refractivity contribution in [1.29, 1.82) is 0 Å². The molecule has 0 spiro atoms. The topological polar surface area (TPSA) is 25.8 Å². The number of aromatic nitrogens is 2. The molecule has 0 saturated heterocycles. The Morgan fingerprint density at radius 1 is 0.386 bits per heavy atom. The molecule has 0 radical (unpaired) electrons. The molecule has 2 heterocycles. The average molecular weight is 605 g/mol. The molecular weight excluding hydrogens is 532 g/mol. The Morgan fingerprint density at radius 2 is 0.795 bits per heavy atom. The highest BCUT2D eigenvalue weighted by molar-refractivity contribution is 5.60. The van der Waals surface area contributed by atoms with Crippen molar-refractivity contribution in [2.24, 2.45) is 0 Å². The van der Waals surface area contributed by atoms with Crippen LogP contribution < -0.4 is 0 Å². The summed E-state index contributed by atoms with van der Waals surface area (Å²) in [5.74, 6) is 0. The first-order chi connectivity index (χ1) is 21.9. The van der Waals surface area contributed by atoms with Crippen molar-refractivity contribution in [1.82, 2.24) is 9.97 Å². The van der Waals surface area contributed by atoms with E-state index in [2.05, 4.69) is 37.0 Å². The molecule has 2 rings (SSSR count). The largest absolute Gasteiger partial charge is 0.255 e. The minimum atomic E-state index is 1.04. The number of hydrogen-bond acceptors (Lipinski definition) is 2. The Morgan fingerprint density at radius 3 is 1.20 bits per heavy atom. The minimum Gasteiger partial charge on any atom is -0.255 e. The standard InChI is InChI=1S/C42H72N2/c1-3-5-7-9-11-13-15-17-19-21-23-25-27-29-33-39-36-38-44-42(41-35-31-32-37-43-41)40(39)34-30-28-26-24-22-20-18-16-14-12-10-8-6-4-2/h31-32,35-38H,3-30,33-34H2,1-2H3. The van der Waals surface area contributed by atoms with Gasteiger partial charge in [-0.15, -0.1) is 0 Å². The maximum absolute atomic E-state index is 4.85. The van der Waals surface area contributed by atoms with Crippen molar-refractivity contribution in [3.8, 4) is 11.4 Å². The minimum absolute atomic E-state index is 1.04. The van der Waals surface area contributed by atoms with Gasteiger partial charge in [0.05, 0.1) is 11.4 Å². The zero-order valence-electron chi connectivity index (χ0n) is 29.6. The van der Waals surface area contributed by atoms with Gasteiger partial charge >= 0.3 is 0 Å². The van der Waals surface area contributed by atoms with Gasteiger partial charge in [-0.3, -0.25) is 9.97 Å². The van der Waals surface area contributed by atoms with Crippen LogP contribution in [0.15, 0.2) is 36.7 Å². The molecule has 0 aromatic carbocycles. The number of nitrogens with zero attached hydrogens (tertiary/aromatic N) is 2. The molecule has 0 aliphatic carbocycles. The van der Waals surface area contributed by atoms with Gasteiger partial charge in [0.25, 0.3) is 0 Å². The first-order valence-corrected chi connectivity index (χ1v) is 19.7. The van der Waals surface area contributed by atoms with Crippen LogP contribution in [0.3, 0.4) is 0 Å². The Labute approximate surface area is 275 Å². The molecule has 0 bridgehead atoms. The Kier molecular flexibility index (Phi) is 25.1. The number of hydrogen-bond donors (Lipinski definition) is 0. The molecule has 250 valence electrons. The van der Waals surface area contributed by atoms with Crippen molar-refractivity contribution in [3.63, 3.8) is 0 Å². The highest BCUT2D eigenvalue weighted by Crippen LogP contribution is 2.26. The third kappa shape index (κ3) is 19.6. The number of rotatable bonds is 31. The maximum atomic E-state index is 4.85. The molecule has 0 amide bonds. The van der Waals surface area contributed by atoms with E-state index in [1.165, 1.54) is 197 Å². The van der Waals surface area contributed by atoms with Gasteiger partial charge in [-0.05, 0) is 55.0 Å². The molecule has 0 aliphatic heterocycles. The quantitative estimate of drug-likeness (QED) is 0.0800. The van der Waals surface area contributed by atoms with Gasteiger partial charge in [-0.1, -0.05) is 187 Å². The van der Waals surface area contributed by atoms with Crippen LogP contribution in [0.5, 0.6) is 0 Å². The van der Waals surface area contributed by atoms with Crippen LogP contribution in [0.2, 0.25) is 0 Å². The molecule has 2 heteroatoms. The van der Waals surface area contributed by atoms with Gasteiger partial charge in [-0.2, -0.15) is 0 Å². The molecule has 0 aliphatic rings. The lowest BCUT2D eigenvalue weighted by Crippen LogP contribution is -2.02. The second-order valence-electron chi connectivity index (χ2n) is 13.7. The zero-order valence-corrected chi connectivity index (χ0v) is 29.6. The number of pyridine rings is 2. The molecule has 0 N–H and O–H groups in total. The fraction of sp³-hybridized carbons (Fsp3) is 0.762. The summed E-state index contributed by atoms with van der Waals surface area (Å²) in [6.45, 7) is 4.61. The molecule has 44 heavy (non-hydrogen) atoms.